The van der Waals surface area contributed by atoms with Crippen molar-refractivity contribution in [3.05, 3.63) is 29.8 Å². The highest BCUT2D eigenvalue weighted by Crippen LogP contribution is 2.24. The number of esters is 1. The summed E-state index contributed by atoms with van der Waals surface area (Å²) in [6.45, 7) is 8.42. The van der Waals surface area contributed by atoms with Crippen molar-refractivity contribution >= 4 is 23.5 Å². The largest absolute Gasteiger partial charge is 0.465 e. The fourth-order valence-corrected chi connectivity index (χ4v) is 2.51. The Bertz CT molecular complexity index is 620. The van der Waals surface area contributed by atoms with E-state index in [0.717, 1.165) is 12.8 Å². The molecule has 25 heavy (non-hydrogen) atoms. The zero-order valence-electron chi connectivity index (χ0n) is 15.7. The van der Waals surface area contributed by atoms with Gasteiger partial charge in [0, 0.05) is 13.1 Å². The van der Waals surface area contributed by atoms with E-state index in [1.807, 2.05) is 13.8 Å². The summed E-state index contributed by atoms with van der Waals surface area (Å²) in [5.41, 5.74) is -0.661. The predicted octanol–water partition coefficient (Wildman–Crippen LogP) is 3.09. The number of benzene rings is 1. The highest BCUT2D eigenvalue weighted by atomic mass is 16.5. The summed E-state index contributed by atoms with van der Waals surface area (Å²) < 4.78 is 4.73. The second kappa shape index (κ2) is 9.20. The van der Waals surface area contributed by atoms with Crippen LogP contribution >= 0.6 is 0 Å². The number of anilines is 1. The third-order valence-corrected chi connectivity index (χ3v) is 3.96. The van der Waals surface area contributed by atoms with E-state index >= 15 is 0 Å². The van der Waals surface area contributed by atoms with Gasteiger partial charge in [0.1, 0.15) is 5.41 Å². The van der Waals surface area contributed by atoms with E-state index in [2.05, 4.69) is 5.32 Å². The summed E-state index contributed by atoms with van der Waals surface area (Å²) in [6, 6.07) is 6.57. The molecule has 0 radical (unpaired) electrons. The topological polar surface area (TPSA) is 75.7 Å². The summed E-state index contributed by atoms with van der Waals surface area (Å²) >= 11 is 0. The van der Waals surface area contributed by atoms with Crippen LogP contribution in [0.15, 0.2) is 24.3 Å². The Balaban J connectivity index is 3.02. The molecule has 6 nitrogen and oxygen atoms in total. The van der Waals surface area contributed by atoms with Gasteiger partial charge < -0.3 is 15.0 Å². The van der Waals surface area contributed by atoms with Gasteiger partial charge in [-0.2, -0.15) is 0 Å². The number of hydrogen-bond acceptors (Lipinski definition) is 4. The van der Waals surface area contributed by atoms with E-state index in [4.69, 9.17) is 4.74 Å². The average Bonchev–Trinajstić information content (AvgIpc) is 2.60. The fraction of sp³-hybridized carbons (Fsp3) is 0.526. The second-order valence-electron chi connectivity index (χ2n) is 6.41. The maximum atomic E-state index is 12.8. The lowest BCUT2D eigenvalue weighted by atomic mass is 9.89. The van der Waals surface area contributed by atoms with Gasteiger partial charge in [0.2, 0.25) is 11.8 Å². The first-order chi connectivity index (χ1) is 11.8. The standard InChI is InChI=1S/C19H28N2O4/c1-6-12-21(13-7-2)18(24)19(3,4)17(23)20-15-11-9-8-10-14(15)16(22)25-5/h8-11H,6-7,12-13H2,1-5H3,(H,20,23). The molecule has 0 aliphatic carbocycles. The van der Waals surface area contributed by atoms with Gasteiger partial charge in [-0.05, 0) is 38.8 Å². The van der Waals surface area contributed by atoms with Crippen molar-refractivity contribution in [3.8, 4) is 0 Å². The number of nitrogens with one attached hydrogen (secondary N) is 1. The van der Waals surface area contributed by atoms with Crippen molar-refractivity contribution in [2.45, 2.75) is 40.5 Å². The molecule has 1 N–H and O–H groups in total. The van der Waals surface area contributed by atoms with Crippen LogP contribution in [0, 0.1) is 5.41 Å². The van der Waals surface area contributed by atoms with Crippen molar-refractivity contribution in [2.75, 3.05) is 25.5 Å². The molecule has 0 heterocycles. The smallest absolute Gasteiger partial charge is 0.339 e. The quantitative estimate of drug-likeness (QED) is 0.578. The van der Waals surface area contributed by atoms with Crippen LogP contribution in [0.5, 0.6) is 0 Å². The Labute approximate surface area is 149 Å². The number of nitrogens with zero attached hydrogens (tertiary/aromatic N) is 1. The van der Waals surface area contributed by atoms with Crippen molar-refractivity contribution in [2.24, 2.45) is 5.41 Å². The number of para-hydroxylation sites is 1. The van der Waals surface area contributed by atoms with Crippen molar-refractivity contribution in [1.29, 1.82) is 0 Å². The van der Waals surface area contributed by atoms with E-state index in [1.54, 1.807) is 43.0 Å². The summed E-state index contributed by atoms with van der Waals surface area (Å²) in [5.74, 6) is -1.21. The zero-order chi connectivity index (χ0) is 19.0. The highest BCUT2D eigenvalue weighted by Gasteiger charge is 2.39. The number of ether oxygens (including phenoxy) is 1. The molecule has 1 aromatic rings. The van der Waals surface area contributed by atoms with Crippen LogP contribution in [0.4, 0.5) is 5.69 Å². The maximum Gasteiger partial charge on any atom is 0.339 e. The van der Waals surface area contributed by atoms with E-state index < -0.39 is 17.3 Å². The van der Waals surface area contributed by atoms with Crippen LogP contribution in [0.25, 0.3) is 0 Å². The Hall–Kier alpha value is -2.37. The van der Waals surface area contributed by atoms with E-state index in [0.29, 0.717) is 18.8 Å². The van der Waals surface area contributed by atoms with Gasteiger partial charge in [0.05, 0.1) is 18.4 Å². The average molecular weight is 348 g/mol. The van der Waals surface area contributed by atoms with Crippen molar-refractivity contribution in [3.63, 3.8) is 0 Å². The lowest BCUT2D eigenvalue weighted by molar-refractivity contribution is -0.146. The molecule has 0 atom stereocenters. The van der Waals surface area contributed by atoms with Crippen LogP contribution < -0.4 is 5.32 Å². The summed E-state index contributed by atoms with van der Waals surface area (Å²) in [4.78, 5) is 39.1. The Morgan fingerprint density at radius 3 is 2.16 bits per heavy atom. The number of methoxy groups -OCH3 is 1. The van der Waals surface area contributed by atoms with Crippen LogP contribution in [0.3, 0.4) is 0 Å². The summed E-state index contributed by atoms with van der Waals surface area (Å²) in [5, 5.41) is 2.70. The van der Waals surface area contributed by atoms with Gasteiger partial charge in [0.15, 0.2) is 0 Å². The van der Waals surface area contributed by atoms with Crippen LogP contribution in [0.2, 0.25) is 0 Å². The molecular formula is C19H28N2O4. The minimum Gasteiger partial charge on any atom is -0.465 e. The monoisotopic (exact) mass is 348 g/mol. The van der Waals surface area contributed by atoms with Gasteiger partial charge >= 0.3 is 5.97 Å². The first kappa shape index (κ1) is 20.7. The molecule has 0 spiro atoms. The number of rotatable bonds is 8. The number of amides is 2. The molecule has 0 bridgehead atoms. The van der Waals surface area contributed by atoms with Crippen LogP contribution in [-0.2, 0) is 14.3 Å². The molecule has 1 aromatic carbocycles. The predicted molar refractivity (Wildman–Crippen MR) is 97.4 cm³/mol. The van der Waals surface area contributed by atoms with Gasteiger partial charge in [0.25, 0.3) is 0 Å². The Morgan fingerprint density at radius 2 is 1.64 bits per heavy atom. The van der Waals surface area contributed by atoms with Crippen molar-refractivity contribution < 1.29 is 19.1 Å². The van der Waals surface area contributed by atoms with E-state index in [9.17, 15) is 14.4 Å². The molecule has 0 saturated carbocycles. The number of carbonyl (C=O) groups is 3. The lowest BCUT2D eigenvalue weighted by Gasteiger charge is -2.31. The highest BCUT2D eigenvalue weighted by molar-refractivity contribution is 6.11. The van der Waals surface area contributed by atoms with Crippen LogP contribution in [-0.4, -0.2) is 42.9 Å². The minimum absolute atomic E-state index is 0.218. The molecule has 1 rings (SSSR count). The summed E-state index contributed by atoms with van der Waals surface area (Å²) in [6.07, 6.45) is 1.66. The molecule has 6 heteroatoms. The maximum absolute atomic E-state index is 12.8. The Kier molecular flexibility index (Phi) is 7.61. The van der Waals surface area contributed by atoms with E-state index in [-0.39, 0.29) is 11.5 Å². The molecular weight excluding hydrogens is 320 g/mol. The molecule has 2 amide bonds. The minimum atomic E-state index is -1.24. The third-order valence-electron chi connectivity index (χ3n) is 3.96. The Morgan fingerprint density at radius 1 is 1.08 bits per heavy atom. The zero-order valence-corrected chi connectivity index (χ0v) is 15.7. The van der Waals surface area contributed by atoms with Gasteiger partial charge in [-0.3, -0.25) is 9.59 Å². The molecule has 0 saturated heterocycles. The van der Waals surface area contributed by atoms with E-state index in [1.165, 1.54) is 7.11 Å². The van der Waals surface area contributed by atoms with Gasteiger partial charge in [-0.15, -0.1) is 0 Å². The SMILES string of the molecule is CCCN(CCC)C(=O)C(C)(C)C(=O)Nc1ccccc1C(=O)OC. The van der Waals surface area contributed by atoms with Gasteiger partial charge in [-0.25, -0.2) is 4.79 Å². The van der Waals surface area contributed by atoms with Crippen LogP contribution in [0.1, 0.15) is 50.9 Å². The molecule has 0 unspecified atom stereocenters. The van der Waals surface area contributed by atoms with Gasteiger partial charge in [-0.1, -0.05) is 26.0 Å². The lowest BCUT2D eigenvalue weighted by Crippen LogP contribution is -2.48. The number of hydrogen-bond donors (Lipinski definition) is 1. The molecule has 0 aromatic heterocycles. The molecule has 0 fully saturated rings. The first-order valence-electron chi connectivity index (χ1n) is 8.57. The molecule has 138 valence electrons. The summed E-state index contributed by atoms with van der Waals surface area (Å²) in [7, 11) is 1.28. The second-order valence-corrected chi connectivity index (χ2v) is 6.41. The fourth-order valence-electron chi connectivity index (χ4n) is 2.51. The first-order valence-corrected chi connectivity index (χ1v) is 8.57. The molecule has 0 aliphatic heterocycles. The number of carbonyl (C=O) groups excluding carboxylic acids is 3. The van der Waals surface area contributed by atoms with Crippen molar-refractivity contribution in [1.82, 2.24) is 4.90 Å². The molecule has 0 aliphatic rings. The third kappa shape index (κ3) is 5.05. The normalized spacial score (nSPS) is 10.9.